The molecule has 0 heterocycles. The quantitative estimate of drug-likeness (QED) is 0.714. The molecule has 0 aromatic heterocycles. The normalized spacial score (nSPS) is 13.8. The van der Waals surface area contributed by atoms with Crippen LogP contribution in [0.25, 0.3) is 0 Å². The Balaban J connectivity index is 1.53. The molecule has 1 aliphatic carbocycles. The summed E-state index contributed by atoms with van der Waals surface area (Å²) >= 11 is 0. The molecule has 0 amide bonds. The van der Waals surface area contributed by atoms with E-state index in [1.165, 1.54) is 18.4 Å². The largest absolute Gasteiger partial charge is 0.493 e. The van der Waals surface area contributed by atoms with E-state index < -0.39 is 0 Å². The molecule has 1 N–H and O–H groups in total. The minimum Gasteiger partial charge on any atom is -0.493 e. The van der Waals surface area contributed by atoms with E-state index >= 15 is 0 Å². The molecular weight excluding hydrogens is 286 g/mol. The highest BCUT2D eigenvalue weighted by Crippen LogP contribution is 2.29. The lowest BCUT2D eigenvalue weighted by Crippen LogP contribution is -2.19. The molecular formula is C20H25NO2. The van der Waals surface area contributed by atoms with Gasteiger partial charge in [-0.2, -0.15) is 0 Å². The van der Waals surface area contributed by atoms with E-state index in [1.807, 2.05) is 24.3 Å². The van der Waals surface area contributed by atoms with Crippen LogP contribution in [0, 0.1) is 5.92 Å². The molecule has 3 nitrogen and oxygen atoms in total. The maximum Gasteiger partial charge on any atom is 0.161 e. The van der Waals surface area contributed by atoms with E-state index in [4.69, 9.17) is 9.47 Å². The first-order chi connectivity index (χ1) is 11.3. The molecule has 0 aliphatic heterocycles. The fraction of sp³-hybridized carbons (Fsp3) is 0.400. The summed E-state index contributed by atoms with van der Waals surface area (Å²) in [7, 11) is 1.69. The van der Waals surface area contributed by atoms with E-state index in [9.17, 15) is 0 Å². The average molecular weight is 311 g/mol. The number of hydrogen-bond acceptors (Lipinski definition) is 3. The van der Waals surface area contributed by atoms with Crippen LogP contribution in [0.4, 0.5) is 0 Å². The van der Waals surface area contributed by atoms with Gasteiger partial charge in [0.15, 0.2) is 11.5 Å². The third kappa shape index (κ3) is 5.00. The Morgan fingerprint density at radius 1 is 1.00 bits per heavy atom. The van der Waals surface area contributed by atoms with Crippen molar-refractivity contribution in [3.05, 3.63) is 59.7 Å². The maximum atomic E-state index is 5.89. The van der Waals surface area contributed by atoms with E-state index in [-0.39, 0.29) is 0 Å². The van der Waals surface area contributed by atoms with Gasteiger partial charge in [0.1, 0.15) is 6.61 Å². The molecule has 0 atom stereocenters. The topological polar surface area (TPSA) is 30.5 Å². The van der Waals surface area contributed by atoms with Crippen molar-refractivity contribution in [2.24, 2.45) is 5.92 Å². The van der Waals surface area contributed by atoms with Crippen LogP contribution in [0.15, 0.2) is 48.5 Å². The van der Waals surface area contributed by atoms with Crippen LogP contribution in [-0.4, -0.2) is 20.2 Å². The molecule has 0 unspecified atom stereocenters. The Morgan fingerprint density at radius 3 is 2.57 bits per heavy atom. The van der Waals surface area contributed by atoms with Crippen LogP contribution in [0.5, 0.6) is 11.5 Å². The third-order valence-corrected chi connectivity index (χ3v) is 4.19. The highest BCUT2D eigenvalue weighted by atomic mass is 16.5. The summed E-state index contributed by atoms with van der Waals surface area (Å²) in [6.07, 6.45) is 3.81. The molecule has 3 heteroatoms. The Kier molecular flexibility index (Phi) is 5.54. The lowest BCUT2D eigenvalue weighted by atomic mass is 10.1. The second-order valence-electron chi connectivity index (χ2n) is 6.16. The number of benzene rings is 2. The van der Waals surface area contributed by atoms with E-state index in [0.717, 1.165) is 42.5 Å². The fourth-order valence-electron chi connectivity index (χ4n) is 2.58. The van der Waals surface area contributed by atoms with Gasteiger partial charge < -0.3 is 14.8 Å². The van der Waals surface area contributed by atoms with Crippen LogP contribution in [0.2, 0.25) is 0 Å². The zero-order valence-electron chi connectivity index (χ0n) is 13.8. The number of hydrogen-bond donors (Lipinski definition) is 1. The Hall–Kier alpha value is -2.00. The van der Waals surface area contributed by atoms with Gasteiger partial charge in [0.2, 0.25) is 0 Å². The molecule has 1 saturated carbocycles. The van der Waals surface area contributed by atoms with Crippen molar-refractivity contribution in [2.75, 3.05) is 20.2 Å². The van der Waals surface area contributed by atoms with Crippen LogP contribution in [0.3, 0.4) is 0 Å². The van der Waals surface area contributed by atoms with E-state index in [2.05, 4.69) is 29.6 Å². The van der Waals surface area contributed by atoms with Gasteiger partial charge in [0.05, 0.1) is 7.11 Å². The summed E-state index contributed by atoms with van der Waals surface area (Å²) in [6, 6.07) is 16.4. The minimum absolute atomic E-state index is 0.555. The number of methoxy groups -OCH3 is 1. The first-order valence-electron chi connectivity index (χ1n) is 8.39. The van der Waals surface area contributed by atoms with Crippen LogP contribution in [0.1, 0.15) is 24.0 Å². The molecule has 3 rings (SSSR count). The molecule has 0 spiro atoms. The zero-order chi connectivity index (χ0) is 15.9. The molecule has 2 aromatic rings. The second kappa shape index (κ2) is 8.02. The van der Waals surface area contributed by atoms with Crippen molar-refractivity contribution in [3.8, 4) is 11.5 Å². The molecule has 2 aromatic carbocycles. The van der Waals surface area contributed by atoms with Crippen molar-refractivity contribution in [3.63, 3.8) is 0 Å². The first kappa shape index (κ1) is 15.9. The second-order valence-corrected chi connectivity index (χ2v) is 6.16. The summed E-state index contributed by atoms with van der Waals surface area (Å²) in [5.74, 6) is 2.53. The molecule has 1 fully saturated rings. The zero-order valence-corrected chi connectivity index (χ0v) is 13.8. The van der Waals surface area contributed by atoms with Gasteiger partial charge in [-0.25, -0.2) is 0 Å². The summed E-state index contributed by atoms with van der Waals surface area (Å²) in [6.45, 7) is 2.73. The summed E-state index contributed by atoms with van der Waals surface area (Å²) < 4.78 is 11.4. The lowest BCUT2D eigenvalue weighted by molar-refractivity contribution is 0.284. The van der Waals surface area contributed by atoms with Gasteiger partial charge in [-0.3, -0.25) is 0 Å². The minimum atomic E-state index is 0.555. The first-order valence-corrected chi connectivity index (χ1v) is 8.39. The number of rotatable bonds is 9. The van der Waals surface area contributed by atoms with Gasteiger partial charge in [-0.05, 0) is 61.5 Å². The van der Waals surface area contributed by atoms with E-state index in [0.29, 0.717) is 6.61 Å². The molecule has 0 saturated heterocycles. The monoisotopic (exact) mass is 311 g/mol. The van der Waals surface area contributed by atoms with Crippen molar-refractivity contribution in [1.29, 1.82) is 0 Å². The highest BCUT2D eigenvalue weighted by Gasteiger charge is 2.19. The van der Waals surface area contributed by atoms with Crippen LogP contribution in [-0.2, 0) is 13.0 Å². The third-order valence-electron chi connectivity index (χ3n) is 4.19. The van der Waals surface area contributed by atoms with Gasteiger partial charge in [-0.1, -0.05) is 36.4 Å². The van der Waals surface area contributed by atoms with Crippen molar-refractivity contribution in [2.45, 2.75) is 25.9 Å². The highest BCUT2D eigenvalue weighted by molar-refractivity contribution is 5.43. The smallest absolute Gasteiger partial charge is 0.161 e. The average Bonchev–Trinajstić information content (AvgIpc) is 3.42. The molecule has 1 aliphatic rings. The van der Waals surface area contributed by atoms with E-state index in [1.54, 1.807) is 7.11 Å². The fourth-order valence-corrected chi connectivity index (χ4v) is 2.58. The van der Waals surface area contributed by atoms with Gasteiger partial charge in [-0.15, -0.1) is 0 Å². The standard InChI is InChI=1S/C20H25NO2/c1-22-20-13-16(11-12-21-14-17-7-8-17)9-10-19(20)23-15-18-5-3-2-4-6-18/h2-6,9-10,13,17,21H,7-8,11-12,14-15H2,1H3. The predicted molar refractivity (Wildman–Crippen MR) is 93.1 cm³/mol. The Bertz CT molecular complexity index is 608. The molecule has 23 heavy (non-hydrogen) atoms. The Morgan fingerprint density at radius 2 is 1.83 bits per heavy atom. The van der Waals surface area contributed by atoms with Gasteiger partial charge in [0.25, 0.3) is 0 Å². The molecule has 0 radical (unpaired) electrons. The Labute approximate surface area is 138 Å². The maximum absolute atomic E-state index is 5.89. The van der Waals surface area contributed by atoms with Crippen LogP contribution >= 0.6 is 0 Å². The van der Waals surface area contributed by atoms with Gasteiger partial charge in [0, 0.05) is 0 Å². The van der Waals surface area contributed by atoms with Gasteiger partial charge >= 0.3 is 0 Å². The summed E-state index contributed by atoms with van der Waals surface area (Å²) in [4.78, 5) is 0. The summed E-state index contributed by atoms with van der Waals surface area (Å²) in [5, 5.41) is 3.52. The SMILES string of the molecule is COc1cc(CCNCC2CC2)ccc1OCc1ccccc1. The molecule has 122 valence electrons. The predicted octanol–water partition coefficient (Wildman–Crippen LogP) is 3.82. The number of ether oxygens (including phenoxy) is 2. The lowest BCUT2D eigenvalue weighted by Gasteiger charge is -2.12. The van der Waals surface area contributed by atoms with Crippen molar-refractivity contribution >= 4 is 0 Å². The van der Waals surface area contributed by atoms with Crippen molar-refractivity contribution < 1.29 is 9.47 Å². The van der Waals surface area contributed by atoms with Crippen molar-refractivity contribution in [1.82, 2.24) is 5.32 Å². The van der Waals surface area contributed by atoms with Crippen LogP contribution < -0.4 is 14.8 Å². The number of nitrogens with one attached hydrogen (secondary N) is 1. The molecule has 0 bridgehead atoms. The summed E-state index contributed by atoms with van der Waals surface area (Å²) in [5.41, 5.74) is 2.43.